The average Bonchev–Trinajstić information content (AvgIpc) is 1.52. The summed E-state index contributed by atoms with van der Waals surface area (Å²) in [6.45, 7) is 7.61. The predicted octanol–water partition coefficient (Wildman–Crippen LogP) is 15.1. The molecule has 3 aromatic heterocycles. The van der Waals surface area contributed by atoms with Gasteiger partial charge in [-0.1, -0.05) is 104 Å². The minimum atomic E-state index is -5.28. The summed E-state index contributed by atoms with van der Waals surface area (Å²) in [5.74, 6) is -8.82. The van der Waals surface area contributed by atoms with E-state index < -0.39 is 191 Å². The number of aromatic nitrogens is 5. The molecule has 0 saturated heterocycles. The predicted molar refractivity (Wildman–Crippen MR) is 364 cm³/mol. The van der Waals surface area contributed by atoms with Crippen molar-refractivity contribution in [3.8, 4) is 28.7 Å². The normalized spacial score (nSPS) is 15.7. The SMILES string of the molecule is Cc1cc(CC(=O)OC(C)(C)C)c(C(C)(C)CC(=O)N(c2nn(CC(F)(F)F)c3c(-c4ccc(C#CC(C)(C)S(C)(=O)=O)nc4[C@H](Cc4cc(F)cc(F)c4)NC(=O)Cn4nc(C(F)(F)F)c5c4C(F)(F)[C@@H]4C[C@H]54)ccc(Cl)c23)S(C)(=O)=O)c(OP(=O)(OCc2ccccc2)OCc2ccccc2)c1. The summed E-state index contributed by atoms with van der Waals surface area (Å²) in [4.78, 5) is 48.7. The van der Waals surface area contributed by atoms with Crippen molar-refractivity contribution < 1.29 is 98.0 Å². The molecule has 19 nitrogen and oxygen atoms in total. The number of alkyl halides is 8. The topological polar surface area (TPSA) is 237 Å². The number of sulfonamides is 1. The van der Waals surface area contributed by atoms with Gasteiger partial charge in [-0.05, 0) is 130 Å². The van der Waals surface area contributed by atoms with Gasteiger partial charge in [-0.15, -0.1) is 0 Å². The first-order valence-electron chi connectivity index (χ1n) is 32.0. The molecule has 2 aliphatic rings. The summed E-state index contributed by atoms with van der Waals surface area (Å²) in [7, 11) is -14.0. The molecule has 5 aromatic carbocycles. The Labute approximate surface area is 597 Å². The Morgan fingerprint density at radius 3 is 1.94 bits per heavy atom. The molecule has 2 aliphatic carbocycles. The van der Waals surface area contributed by atoms with Crippen LogP contribution in [0.3, 0.4) is 0 Å². The average molecular weight is 1530 g/mol. The number of fused-ring (bicyclic) bond motifs is 4. The van der Waals surface area contributed by atoms with E-state index in [1.807, 2.05) is 0 Å². The second-order valence-electron chi connectivity index (χ2n) is 27.6. The lowest BCUT2D eigenvalue weighted by Gasteiger charge is -2.32. The number of sulfone groups is 1. The number of hydrogen-bond acceptors (Lipinski definition) is 15. The number of nitrogens with zero attached hydrogens (tertiary/aromatic N) is 6. The van der Waals surface area contributed by atoms with Crippen LogP contribution in [0.15, 0.2) is 115 Å². The first-order chi connectivity index (χ1) is 48.1. The van der Waals surface area contributed by atoms with E-state index in [4.69, 9.17) is 29.9 Å². The fourth-order valence-electron chi connectivity index (χ4n) is 12.4. The van der Waals surface area contributed by atoms with E-state index in [1.165, 1.54) is 39.8 Å². The van der Waals surface area contributed by atoms with Crippen LogP contribution in [-0.4, -0.2) is 88.2 Å². The Bertz CT molecular complexity index is 4990. The van der Waals surface area contributed by atoms with Crippen LogP contribution in [0.2, 0.25) is 5.02 Å². The van der Waals surface area contributed by atoms with Crippen molar-refractivity contribution >= 4 is 73.8 Å². The van der Waals surface area contributed by atoms with E-state index in [1.54, 1.807) is 88.4 Å². The number of carbonyl (C=O) groups is 3. The molecule has 0 spiro atoms. The van der Waals surface area contributed by atoms with Gasteiger partial charge in [-0.3, -0.25) is 32.8 Å². The summed E-state index contributed by atoms with van der Waals surface area (Å²) in [5, 5.41) is 8.84. The molecule has 8 aromatic rings. The van der Waals surface area contributed by atoms with Crippen LogP contribution in [0.4, 0.5) is 49.7 Å². The van der Waals surface area contributed by atoms with Gasteiger partial charge in [0.2, 0.25) is 21.8 Å². The zero-order valence-electron chi connectivity index (χ0n) is 57.4. The largest absolute Gasteiger partial charge is 0.530 e. The number of nitrogens with one attached hydrogen (secondary N) is 1. The number of hydrogen-bond donors (Lipinski definition) is 1. The molecule has 33 heteroatoms. The first-order valence-corrected chi connectivity index (χ1v) is 37.6. The lowest BCUT2D eigenvalue weighted by molar-refractivity contribution is -0.154. The summed E-state index contributed by atoms with van der Waals surface area (Å²) in [6.07, 6.45) is -11.7. The summed E-state index contributed by atoms with van der Waals surface area (Å²) in [5.41, 5.74) is -7.71. The van der Waals surface area contributed by atoms with Crippen LogP contribution in [0.1, 0.15) is 135 Å². The molecule has 3 atom stereocenters. The molecule has 2 amide bonds. The minimum Gasteiger partial charge on any atom is -0.460 e. The second-order valence-corrected chi connectivity index (χ2v) is 34.0. The molecule has 1 fully saturated rings. The Morgan fingerprint density at radius 1 is 0.788 bits per heavy atom. The van der Waals surface area contributed by atoms with Gasteiger partial charge in [0.15, 0.2) is 21.3 Å². The van der Waals surface area contributed by atoms with Crippen molar-refractivity contribution in [2.75, 3.05) is 16.8 Å². The zero-order valence-corrected chi connectivity index (χ0v) is 60.6. The van der Waals surface area contributed by atoms with Crippen molar-refractivity contribution in [1.82, 2.24) is 29.9 Å². The third-order valence-electron chi connectivity index (χ3n) is 17.1. The standard InChI is InChI=1S/C71H69ClF10N7O12PS2/c1-40-27-44(32-57(92)100-66(2,3)4)60(54(28-40)101-102(93,98-37-41-17-13-11-14-18-41)99-38-42-19-15-12-16-20-42)67(5,6)35-56(91)89(104(10,96)97)65-59-52(72)24-23-49(62(59)88(86-65)39-69(75,76)77)48-22-21-47(25-26-68(7,8)103(9,94)95)83-61(48)53(31-43-29-45(73)33-46(74)30-43)84-55(90)36-87-64-58(63(85-87)71(80,81)82)50-34-51(50)70(64,78)79/h11-24,27-30,33,50-51,53H,31-32,34-39H2,1-10H3,(H,84,90)/t50-,51+,53-/m0/s1. The Morgan fingerprint density at radius 2 is 1.38 bits per heavy atom. The van der Waals surface area contributed by atoms with Crippen molar-refractivity contribution in [2.24, 2.45) is 5.92 Å². The molecule has 0 aliphatic heterocycles. The monoisotopic (exact) mass is 1530 g/mol. The zero-order chi connectivity index (χ0) is 76.4. The number of phosphoric ester groups is 1. The van der Waals surface area contributed by atoms with E-state index in [2.05, 4.69) is 32.3 Å². The number of halogens is 11. The Balaban J connectivity index is 1.14. The molecule has 104 heavy (non-hydrogen) atoms. The molecular formula is C71H69ClF10N7O12PS2. The quantitative estimate of drug-likeness (QED) is 0.0256. The summed E-state index contributed by atoms with van der Waals surface area (Å²) in [6, 6.07) is 24.5. The van der Waals surface area contributed by atoms with Gasteiger partial charge in [0.25, 0.3) is 5.92 Å². The van der Waals surface area contributed by atoms with E-state index in [0.29, 0.717) is 29.0 Å². The lowest BCUT2D eigenvalue weighted by atomic mass is 9.77. The van der Waals surface area contributed by atoms with E-state index in [-0.39, 0.29) is 67.0 Å². The van der Waals surface area contributed by atoms with Gasteiger partial charge in [-0.2, -0.15) is 49.6 Å². The number of esters is 1. The molecular weight excluding hydrogens is 1460 g/mol. The smallest absolute Gasteiger partial charge is 0.460 e. The number of carbonyl (C=O) groups excluding carboxylic acids is 3. The number of anilines is 1. The Hall–Kier alpha value is -8.66. The van der Waals surface area contributed by atoms with Crippen LogP contribution in [0.5, 0.6) is 5.75 Å². The summed E-state index contributed by atoms with van der Waals surface area (Å²) >= 11 is 6.99. The first kappa shape index (κ1) is 77.9. The van der Waals surface area contributed by atoms with Crippen molar-refractivity contribution in [2.45, 2.75) is 153 Å². The van der Waals surface area contributed by atoms with Gasteiger partial charge >= 0.3 is 26.1 Å². The number of benzene rings is 5. The number of pyridine rings is 1. The number of ether oxygens (including phenoxy) is 1. The maximum absolute atomic E-state index is 15.9. The number of aryl methyl sites for hydroxylation is 1. The maximum atomic E-state index is 15.9. The molecule has 3 heterocycles. The van der Waals surface area contributed by atoms with Gasteiger partial charge in [-0.25, -0.2) is 35.2 Å². The van der Waals surface area contributed by atoms with Gasteiger partial charge in [0.05, 0.1) is 53.6 Å². The third-order valence-corrected chi connectivity index (χ3v) is 21.7. The van der Waals surface area contributed by atoms with Gasteiger partial charge in [0, 0.05) is 52.3 Å². The molecule has 554 valence electrons. The highest BCUT2D eigenvalue weighted by Gasteiger charge is 2.68. The lowest BCUT2D eigenvalue weighted by Crippen LogP contribution is -2.40. The van der Waals surface area contributed by atoms with Crippen LogP contribution < -0.4 is 14.1 Å². The second kappa shape index (κ2) is 28.7. The molecule has 1 N–H and O–H groups in total. The van der Waals surface area contributed by atoms with Crippen molar-refractivity contribution in [3.05, 3.63) is 194 Å². The summed E-state index contributed by atoms with van der Waals surface area (Å²) < 4.78 is 245. The fourth-order valence-corrected chi connectivity index (χ4v) is 14.9. The van der Waals surface area contributed by atoms with Crippen molar-refractivity contribution in [1.29, 1.82) is 0 Å². The highest BCUT2D eigenvalue weighted by atomic mass is 35.5. The number of amides is 2. The van der Waals surface area contributed by atoms with Gasteiger partial charge < -0.3 is 14.6 Å². The van der Waals surface area contributed by atoms with Gasteiger partial charge in [0.1, 0.15) is 52.2 Å². The fraction of sp³-hybridized carbons (Fsp3) is 0.380. The van der Waals surface area contributed by atoms with E-state index >= 15 is 40.1 Å². The van der Waals surface area contributed by atoms with Crippen LogP contribution >= 0.6 is 19.4 Å². The third kappa shape index (κ3) is 17.7. The van der Waals surface area contributed by atoms with E-state index in [9.17, 15) is 39.6 Å². The van der Waals surface area contributed by atoms with Crippen molar-refractivity contribution in [3.63, 3.8) is 0 Å². The van der Waals surface area contributed by atoms with Crippen LogP contribution in [-0.2, 0) is 109 Å². The highest BCUT2D eigenvalue weighted by Crippen LogP contribution is 2.68. The van der Waals surface area contributed by atoms with Crippen LogP contribution in [0.25, 0.3) is 22.0 Å². The molecule has 0 bridgehead atoms. The number of phosphoric acid groups is 1. The minimum absolute atomic E-state index is 0.0555. The highest BCUT2D eigenvalue weighted by molar-refractivity contribution is 7.93. The maximum Gasteiger partial charge on any atom is 0.530 e. The molecule has 0 radical (unpaired) electrons. The molecule has 10 rings (SSSR count). The van der Waals surface area contributed by atoms with E-state index in [0.717, 1.165) is 42.7 Å². The molecule has 0 unspecified atom stereocenters. The number of rotatable bonds is 24. The van der Waals surface area contributed by atoms with Crippen LogP contribution in [0, 0.1) is 36.3 Å². The molecule has 1 saturated carbocycles. The Kier molecular flexibility index (Phi) is 21.5.